The third-order valence-corrected chi connectivity index (χ3v) is 5.72. The first-order chi connectivity index (χ1) is 16.3. The van der Waals surface area contributed by atoms with Crippen molar-refractivity contribution in [3.63, 3.8) is 0 Å². The number of nitrogens with one attached hydrogen (secondary N) is 2. The molecule has 0 saturated heterocycles. The molecule has 34 heavy (non-hydrogen) atoms. The largest absolute Gasteiger partial charge is 0.488 e. The number of hydrogen-bond acceptors (Lipinski definition) is 6. The molecule has 178 valence electrons. The van der Waals surface area contributed by atoms with Crippen LogP contribution in [0.4, 0.5) is 15.8 Å². The van der Waals surface area contributed by atoms with Crippen LogP contribution in [-0.2, 0) is 6.54 Å². The molecule has 0 bridgehead atoms. The standard InChI is InChI=1S/C25H27ClFN5O2/c1-16(2)34-23-10-8-20(12-22(23)27)30-25-29-15-32(21-9-11-24(33)28-13-21)17(3)31(25)14-18-4-6-19(26)7-5-18/h4-13,16-17H,14-15H2,1-3H3,(H,28,33)(H,29,30). The van der Waals surface area contributed by atoms with Crippen molar-refractivity contribution in [3.05, 3.63) is 87.6 Å². The number of ether oxygens (including phenoxy) is 1. The highest BCUT2D eigenvalue weighted by molar-refractivity contribution is 6.30. The lowest BCUT2D eigenvalue weighted by Gasteiger charge is -2.43. The smallest absolute Gasteiger partial charge is 0.248 e. The molecular weight excluding hydrogens is 457 g/mol. The van der Waals surface area contributed by atoms with Crippen molar-refractivity contribution < 1.29 is 9.13 Å². The van der Waals surface area contributed by atoms with E-state index in [2.05, 4.69) is 27.0 Å². The van der Waals surface area contributed by atoms with Crippen LogP contribution in [0.25, 0.3) is 0 Å². The summed E-state index contributed by atoms with van der Waals surface area (Å²) in [5, 5.41) is 3.93. The van der Waals surface area contributed by atoms with Crippen LogP contribution in [-0.4, -0.2) is 34.8 Å². The van der Waals surface area contributed by atoms with Crippen LogP contribution < -0.4 is 20.5 Å². The molecule has 1 aliphatic heterocycles. The lowest BCUT2D eigenvalue weighted by molar-refractivity contribution is 0.231. The van der Waals surface area contributed by atoms with Gasteiger partial charge in [0.2, 0.25) is 11.5 Å². The van der Waals surface area contributed by atoms with Gasteiger partial charge in [0.1, 0.15) is 12.8 Å². The molecule has 0 radical (unpaired) electrons. The monoisotopic (exact) mass is 483 g/mol. The summed E-state index contributed by atoms with van der Waals surface area (Å²) in [6.45, 7) is 6.67. The molecular formula is C25H27ClFN5O2. The lowest BCUT2D eigenvalue weighted by atomic mass is 10.2. The third kappa shape index (κ3) is 5.51. The SMILES string of the molecule is CC(C)Oc1ccc(NC2=NCN(c3ccc(=O)[nH]c3)C(C)N2Cc2ccc(Cl)cc2)cc1F. The number of halogens is 2. The molecule has 0 spiro atoms. The predicted octanol–water partition coefficient (Wildman–Crippen LogP) is 5.05. The van der Waals surface area contributed by atoms with E-state index in [-0.39, 0.29) is 23.6 Å². The van der Waals surface area contributed by atoms with Gasteiger partial charge in [0.15, 0.2) is 11.6 Å². The van der Waals surface area contributed by atoms with Gasteiger partial charge in [-0.15, -0.1) is 0 Å². The molecule has 7 nitrogen and oxygen atoms in total. The Labute approximate surface area is 202 Å². The maximum atomic E-state index is 14.6. The summed E-state index contributed by atoms with van der Waals surface area (Å²) in [6, 6.07) is 15.7. The van der Waals surface area contributed by atoms with Gasteiger partial charge in [-0.25, -0.2) is 9.38 Å². The second-order valence-corrected chi connectivity index (χ2v) is 8.76. The van der Waals surface area contributed by atoms with Gasteiger partial charge in [0.05, 0.1) is 11.8 Å². The Balaban J connectivity index is 1.62. The Hall–Kier alpha value is -3.52. The third-order valence-electron chi connectivity index (χ3n) is 5.46. The molecule has 9 heteroatoms. The topological polar surface area (TPSA) is 73.0 Å². The number of anilines is 2. The van der Waals surface area contributed by atoms with E-state index in [1.54, 1.807) is 24.4 Å². The van der Waals surface area contributed by atoms with Gasteiger partial charge in [-0.05, 0) is 56.7 Å². The maximum Gasteiger partial charge on any atom is 0.248 e. The Morgan fingerprint density at radius 2 is 1.97 bits per heavy atom. The Morgan fingerprint density at radius 3 is 2.62 bits per heavy atom. The molecule has 1 aliphatic rings. The van der Waals surface area contributed by atoms with Crippen molar-refractivity contribution in [1.82, 2.24) is 9.88 Å². The summed E-state index contributed by atoms with van der Waals surface area (Å²) in [5.74, 6) is 0.379. The number of aliphatic imine (C=N–C) groups is 1. The molecule has 0 fully saturated rings. The first-order valence-electron chi connectivity index (χ1n) is 11.0. The fraction of sp³-hybridized carbons (Fsp3) is 0.280. The van der Waals surface area contributed by atoms with Gasteiger partial charge >= 0.3 is 0 Å². The number of aromatic nitrogens is 1. The van der Waals surface area contributed by atoms with E-state index >= 15 is 0 Å². The number of nitrogens with zero attached hydrogens (tertiary/aromatic N) is 3. The Morgan fingerprint density at radius 1 is 1.21 bits per heavy atom. The maximum absolute atomic E-state index is 14.6. The molecule has 3 aromatic rings. The van der Waals surface area contributed by atoms with E-state index in [0.717, 1.165) is 11.3 Å². The zero-order chi connectivity index (χ0) is 24.2. The highest BCUT2D eigenvalue weighted by Gasteiger charge is 2.29. The van der Waals surface area contributed by atoms with E-state index in [0.29, 0.717) is 29.9 Å². The number of hydrogen-bond donors (Lipinski definition) is 2. The second kappa shape index (κ2) is 10.2. The van der Waals surface area contributed by atoms with Crippen molar-refractivity contribution in [2.45, 2.75) is 39.6 Å². The van der Waals surface area contributed by atoms with E-state index in [1.165, 1.54) is 12.1 Å². The van der Waals surface area contributed by atoms with Gasteiger partial charge < -0.3 is 24.8 Å². The summed E-state index contributed by atoms with van der Waals surface area (Å²) in [7, 11) is 0. The quantitative estimate of drug-likeness (QED) is 0.513. The fourth-order valence-electron chi connectivity index (χ4n) is 3.74. The van der Waals surface area contributed by atoms with Crippen molar-refractivity contribution in [1.29, 1.82) is 0 Å². The highest BCUT2D eigenvalue weighted by Crippen LogP contribution is 2.26. The first-order valence-corrected chi connectivity index (χ1v) is 11.4. The van der Waals surface area contributed by atoms with E-state index in [9.17, 15) is 9.18 Å². The summed E-state index contributed by atoms with van der Waals surface area (Å²) >= 11 is 6.06. The van der Waals surface area contributed by atoms with Crippen molar-refractivity contribution in [2.24, 2.45) is 4.99 Å². The molecule has 2 N–H and O–H groups in total. The normalized spacial score (nSPS) is 15.9. The summed E-state index contributed by atoms with van der Waals surface area (Å²) in [5.41, 5.74) is 2.29. The van der Waals surface area contributed by atoms with Gasteiger partial charge in [-0.3, -0.25) is 4.79 Å². The van der Waals surface area contributed by atoms with E-state index in [1.807, 2.05) is 38.1 Å². The molecule has 0 aliphatic carbocycles. The van der Waals surface area contributed by atoms with Gasteiger partial charge in [-0.2, -0.15) is 0 Å². The number of guanidine groups is 1. The van der Waals surface area contributed by atoms with Crippen LogP contribution in [0, 0.1) is 5.82 Å². The molecule has 4 rings (SSSR count). The average Bonchev–Trinajstić information content (AvgIpc) is 2.80. The average molecular weight is 484 g/mol. The Bertz CT molecular complexity index is 1210. The molecule has 0 saturated carbocycles. The van der Waals surface area contributed by atoms with Crippen molar-refractivity contribution >= 4 is 28.9 Å². The fourth-order valence-corrected chi connectivity index (χ4v) is 3.86. The van der Waals surface area contributed by atoms with Gasteiger partial charge in [-0.1, -0.05) is 23.7 Å². The van der Waals surface area contributed by atoms with Crippen molar-refractivity contribution in [2.75, 3.05) is 16.9 Å². The number of aromatic amines is 1. The van der Waals surface area contributed by atoms with Crippen LogP contribution in [0.3, 0.4) is 0 Å². The number of benzene rings is 2. The number of H-pyrrole nitrogens is 1. The van der Waals surface area contributed by atoms with Gasteiger partial charge in [0.25, 0.3) is 0 Å². The van der Waals surface area contributed by atoms with Crippen LogP contribution in [0.5, 0.6) is 5.75 Å². The minimum Gasteiger partial charge on any atom is -0.488 e. The van der Waals surface area contributed by atoms with E-state index < -0.39 is 5.82 Å². The first kappa shape index (κ1) is 23.6. The minimum atomic E-state index is -0.442. The molecule has 2 aromatic carbocycles. The van der Waals surface area contributed by atoms with Crippen LogP contribution in [0.1, 0.15) is 26.3 Å². The van der Waals surface area contributed by atoms with Crippen LogP contribution in [0.15, 0.2) is 70.6 Å². The lowest BCUT2D eigenvalue weighted by Crippen LogP contribution is -2.55. The van der Waals surface area contributed by atoms with Crippen molar-refractivity contribution in [3.8, 4) is 5.75 Å². The Kier molecular flexibility index (Phi) is 7.07. The number of pyridine rings is 1. The second-order valence-electron chi connectivity index (χ2n) is 8.33. The molecule has 1 aromatic heterocycles. The van der Waals surface area contributed by atoms with Gasteiger partial charge in [0, 0.05) is 35.6 Å². The minimum absolute atomic E-state index is 0.116. The molecule has 1 unspecified atom stereocenters. The summed E-state index contributed by atoms with van der Waals surface area (Å²) in [6.07, 6.45) is 1.44. The summed E-state index contributed by atoms with van der Waals surface area (Å²) < 4.78 is 20.1. The molecule has 2 heterocycles. The summed E-state index contributed by atoms with van der Waals surface area (Å²) in [4.78, 5) is 23.1. The highest BCUT2D eigenvalue weighted by atomic mass is 35.5. The number of rotatable bonds is 6. The molecule has 0 amide bonds. The predicted molar refractivity (Wildman–Crippen MR) is 134 cm³/mol. The zero-order valence-corrected chi connectivity index (χ0v) is 20.0. The van der Waals surface area contributed by atoms with E-state index in [4.69, 9.17) is 21.3 Å². The molecule has 1 atom stereocenters. The van der Waals surface area contributed by atoms with Crippen LogP contribution in [0.2, 0.25) is 5.02 Å². The van der Waals surface area contributed by atoms with Crippen LogP contribution >= 0.6 is 11.6 Å². The zero-order valence-electron chi connectivity index (χ0n) is 19.3.